The second-order valence-electron chi connectivity index (χ2n) is 3.06. The smallest absolute Gasteiger partial charge is 0.308 e. The minimum atomic E-state index is -0.852. The first-order valence-corrected chi connectivity index (χ1v) is 4.54. The monoisotopic (exact) mass is 222 g/mol. The Balaban J connectivity index is 2.92. The Morgan fingerprint density at radius 3 is 2.50 bits per heavy atom. The van der Waals surface area contributed by atoms with Crippen molar-refractivity contribution in [3.63, 3.8) is 0 Å². The Bertz CT molecular complexity index is 424. The van der Waals surface area contributed by atoms with E-state index in [4.69, 9.17) is 9.47 Å². The Labute approximate surface area is 92.0 Å². The third-order valence-corrected chi connectivity index (χ3v) is 1.74. The van der Waals surface area contributed by atoms with Gasteiger partial charge in [-0.15, -0.1) is 0 Å². The van der Waals surface area contributed by atoms with Gasteiger partial charge in [-0.1, -0.05) is 6.08 Å². The molecule has 0 aromatic heterocycles. The molecule has 0 N–H and O–H groups in total. The van der Waals surface area contributed by atoms with E-state index in [1.807, 2.05) is 0 Å². The molecule has 5 nitrogen and oxygen atoms in total. The maximum atomic E-state index is 10.8. The molecule has 0 aromatic carbocycles. The molecule has 0 aliphatic heterocycles. The van der Waals surface area contributed by atoms with Gasteiger partial charge in [0.15, 0.2) is 6.10 Å². The van der Waals surface area contributed by atoms with Crippen LogP contribution in [0.5, 0.6) is 0 Å². The molecule has 0 amide bonds. The summed E-state index contributed by atoms with van der Waals surface area (Å²) in [6, 6.07) is 0. The highest BCUT2D eigenvalue weighted by Crippen LogP contribution is 2.21. The summed E-state index contributed by atoms with van der Waals surface area (Å²) in [5.74, 6) is 0.565. The van der Waals surface area contributed by atoms with Crippen LogP contribution < -0.4 is 0 Å². The Morgan fingerprint density at radius 1 is 1.31 bits per heavy atom. The summed E-state index contributed by atoms with van der Waals surface area (Å²) in [5.41, 5.74) is -0.00657. The van der Waals surface area contributed by atoms with Gasteiger partial charge in [0.05, 0.1) is 0 Å². The summed E-state index contributed by atoms with van der Waals surface area (Å²) in [7, 11) is 0. The van der Waals surface area contributed by atoms with Crippen LogP contribution in [0.4, 0.5) is 0 Å². The topological polar surface area (TPSA) is 69.7 Å². The normalized spacial score (nSPS) is 18.5. The maximum absolute atomic E-state index is 10.8. The number of esters is 2. The summed E-state index contributed by atoms with van der Waals surface area (Å²) in [4.78, 5) is 32.3. The van der Waals surface area contributed by atoms with Crippen LogP contribution in [0, 0.1) is 0 Å². The third-order valence-electron chi connectivity index (χ3n) is 1.74. The van der Waals surface area contributed by atoms with Gasteiger partial charge in [0.25, 0.3) is 0 Å². The highest BCUT2D eigenvalue weighted by molar-refractivity contribution is 5.73. The summed E-state index contributed by atoms with van der Waals surface area (Å²) in [6.45, 7) is 2.43. The average molecular weight is 222 g/mol. The number of carbonyl (C=O) groups is 2. The maximum Gasteiger partial charge on any atom is 0.308 e. The average Bonchev–Trinajstić information content (AvgIpc) is 2.16. The summed E-state index contributed by atoms with van der Waals surface area (Å²) >= 11 is 0. The van der Waals surface area contributed by atoms with Crippen molar-refractivity contribution in [1.29, 1.82) is 0 Å². The van der Waals surface area contributed by atoms with Crippen molar-refractivity contribution < 1.29 is 23.9 Å². The molecule has 0 heterocycles. The molecule has 0 radical (unpaired) electrons. The number of carbonyl (C=O) groups excluding carboxylic acids is 3. The lowest BCUT2D eigenvalue weighted by Gasteiger charge is -2.18. The Morgan fingerprint density at radius 2 is 2.00 bits per heavy atom. The van der Waals surface area contributed by atoms with E-state index in [-0.39, 0.29) is 11.3 Å². The van der Waals surface area contributed by atoms with Crippen LogP contribution >= 0.6 is 0 Å². The van der Waals surface area contributed by atoms with Crippen LogP contribution in [0.3, 0.4) is 0 Å². The number of allylic oxidation sites excluding steroid dienone is 2. The fourth-order valence-corrected chi connectivity index (χ4v) is 1.20. The lowest BCUT2D eigenvalue weighted by atomic mass is 10.0. The quantitative estimate of drug-likeness (QED) is 0.508. The Kier molecular flexibility index (Phi) is 3.80. The number of ether oxygens (including phenoxy) is 2. The molecule has 0 fully saturated rings. The first kappa shape index (κ1) is 11.9. The second-order valence-corrected chi connectivity index (χ2v) is 3.06. The van der Waals surface area contributed by atoms with Gasteiger partial charge in [0.2, 0.25) is 0 Å². The van der Waals surface area contributed by atoms with E-state index >= 15 is 0 Å². The van der Waals surface area contributed by atoms with E-state index in [0.717, 1.165) is 0 Å². The van der Waals surface area contributed by atoms with Crippen LogP contribution in [0.2, 0.25) is 0 Å². The van der Waals surface area contributed by atoms with Crippen molar-refractivity contribution in [3.05, 3.63) is 29.6 Å². The van der Waals surface area contributed by atoms with Gasteiger partial charge in [0, 0.05) is 13.8 Å². The second kappa shape index (κ2) is 5.09. The van der Waals surface area contributed by atoms with Gasteiger partial charge in [-0.2, -0.15) is 0 Å². The zero-order valence-electron chi connectivity index (χ0n) is 8.85. The molecule has 84 valence electrons. The molecule has 1 unspecified atom stereocenters. The first-order chi connectivity index (χ1) is 7.54. The van der Waals surface area contributed by atoms with Crippen LogP contribution in [-0.2, 0) is 23.9 Å². The lowest BCUT2D eigenvalue weighted by molar-refractivity contribution is -0.142. The number of hydrogen-bond acceptors (Lipinski definition) is 5. The van der Waals surface area contributed by atoms with Crippen molar-refractivity contribution in [3.8, 4) is 0 Å². The molecular formula is C11H10O5. The minimum Gasteiger partial charge on any atom is -0.452 e. The summed E-state index contributed by atoms with van der Waals surface area (Å²) < 4.78 is 9.64. The van der Waals surface area contributed by atoms with E-state index in [0.29, 0.717) is 0 Å². The molecule has 1 atom stereocenters. The molecule has 1 aliphatic rings. The van der Waals surface area contributed by atoms with Crippen molar-refractivity contribution in [1.82, 2.24) is 0 Å². The van der Waals surface area contributed by atoms with Crippen molar-refractivity contribution in [2.75, 3.05) is 0 Å². The van der Waals surface area contributed by atoms with Crippen LogP contribution in [0.1, 0.15) is 13.8 Å². The van der Waals surface area contributed by atoms with E-state index in [1.165, 1.54) is 32.1 Å². The van der Waals surface area contributed by atoms with Crippen molar-refractivity contribution >= 4 is 17.9 Å². The van der Waals surface area contributed by atoms with Crippen LogP contribution in [0.25, 0.3) is 0 Å². The molecule has 0 aromatic rings. The largest absolute Gasteiger partial charge is 0.452 e. The fraction of sp³-hybridized carbons (Fsp3) is 0.273. The molecule has 16 heavy (non-hydrogen) atoms. The summed E-state index contributed by atoms with van der Waals surface area (Å²) in [6.07, 6.45) is 3.61. The number of rotatable bonds is 2. The predicted molar refractivity (Wildman–Crippen MR) is 53.7 cm³/mol. The van der Waals surface area contributed by atoms with Gasteiger partial charge in [0.1, 0.15) is 17.3 Å². The van der Waals surface area contributed by atoms with Gasteiger partial charge < -0.3 is 9.47 Å². The van der Waals surface area contributed by atoms with E-state index < -0.39 is 18.0 Å². The molecule has 1 aliphatic carbocycles. The molecule has 0 saturated heterocycles. The molecular weight excluding hydrogens is 212 g/mol. The predicted octanol–water partition coefficient (Wildman–Crippen LogP) is 0.693. The highest BCUT2D eigenvalue weighted by atomic mass is 16.6. The van der Waals surface area contributed by atoms with Gasteiger partial charge in [-0.25, -0.2) is 4.79 Å². The lowest BCUT2D eigenvalue weighted by Crippen LogP contribution is -2.21. The van der Waals surface area contributed by atoms with Crippen LogP contribution in [0.15, 0.2) is 29.6 Å². The Hall–Kier alpha value is -2.13. The van der Waals surface area contributed by atoms with Crippen molar-refractivity contribution in [2.24, 2.45) is 0 Å². The molecule has 0 bridgehead atoms. The molecule has 0 saturated carbocycles. The standard InChI is InChI=1S/C11H10O5/c1-7(13)15-10-4-3-5-11(9(10)6-12)16-8(2)14/h3-5,10H,1-2H3. The zero-order valence-corrected chi connectivity index (χ0v) is 8.85. The number of hydrogen-bond donors (Lipinski definition) is 0. The van der Waals surface area contributed by atoms with E-state index in [9.17, 15) is 14.4 Å². The van der Waals surface area contributed by atoms with Gasteiger partial charge in [-0.05, 0) is 12.2 Å². The third kappa shape index (κ3) is 2.93. The first-order valence-electron chi connectivity index (χ1n) is 4.54. The van der Waals surface area contributed by atoms with Crippen molar-refractivity contribution in [2.45, 2.75) is 20.0 Å². The van der Waals surface area contributed by atoms with Gasteiger partial charge >= 0.3 is 11.9 Å². The van der Waals surface area contributed by atoms with Gasteiger partial charge in [-0.3, -0.25) is 9.59 Å². The molecule has 5 heteroatoms. The fourth-order valence-electron chi connectivity index (χ4n) is 1.20. The van der Waals surface area contributed by atoms with E-state index in [2.05, 4.69) is 0 Å². The zero-order chi connectivity index (χ0) is 12.1. The molecule has 1 rings (SSSR count). The van der Waals surface area contributed by atoms with Crippen LogP contribution in [-0.4, -0.2) is 24.0 Å². The highest BCUT2D eigenvalue weighted by Gasteiger charge is 2.24. The molecule has 0 spiro atoms. The van der Waals surface area contributed by atoms with E-state index in [1.54, 1.807) is 5.94 Å². The SMILES string of the molecule is CC(=O)OC1=CC=CC(OC(C)=O)C1=C=O. The minimum absolute atomic E-state index is 0.00657. The summed E-state index contributed by atoms with van der Waals surface area (Å²) in [5, 5.41) is 0.